The number of β-amino-alcohol motifs (C(OH)–C–C–N with tert-alkyl or cyclic N) is 1. The molecule has 4 rings (SSSR count). The minimum absolute atomic E-state index is 0.0726. The Labute approximate surface area is 222 Å². The van der Waals surface area contributed by atoms with Crippen molar-refractivity contribution in [1.29, 1.82) is 0 Å². The summed E-state index contributed by atoms with van der Waals surface area (Å²) in [5.74, 6) is -2.54. The number of carbonyl (C=O) groups is 3. The lowest BCUT2D eigenvalue weighted by atomic mass is 9.99. The van der Waals surface area contributed by atoms with Gasteiger partial charge in [0.1, 0.15) is 11.5 Å². The number of anilines is 1. The van der Waals surface area contributed by atoms with Gasteiger partial charge in [0.15, 0.2) is 6.61 Å². The lowest BCUT2D eigenvalue weighted by Gasteiger charge is -2.29. The van der Waals surface area contributed by atoms with E-state index in [1.807, 2.05) is 38.1 Å². The number of H-pyrrole nitrogens is 1. The van der Waals surface area contributed by atoms with Gasteiger partial charge in [-0.3, -0.25) is 9.36 Å². The normalized spacial score (nSPS) is 13.7. The van der Waals surface area contributed by atoms with Gasteiger partial charge in [0.2, 0.25) is 0 Å². The lowest BCUT2D eigenvalue weighted by molar-refractivity contribution is -0.134. The highest BCUT2D eigenvalue weighted by atomic mass is 16.5. The van der Waals surface area contributed by atoms with Crippen LogP contribution >= 0.6 is 0 Å². The van der Waals surface area contributed by atoms with Crippen LogP contribution in [0.1, 0.15) is 31.9 Å². The third-order valence-electron chi connectivity index (χ3n) is 5.87. The number of aryl methyl sites for hydroxylation is 1. The molecule has 0 saturated carbocycles. The topological polar surface area (TPSA) is 203 Å². The summed E-state index contributed by atoms with van der Waals surface area (Å²) < 4.78 is 7.18. The number of aliphatic hydroxyl groups is 1. The number of rotatable bonds is 9. The van der Waals surface area contributed by atoms with Crippen molar-refractivity contribution in [2.45, 2.75) is 38.5 Å². The number of carboxylic acid groups (broad SMARTS) is 2. The summed E-state index contributed by atoms with van der Waals surface area (Å²) in [6, 6.07) is 10.4. The van der Waals surface area contributed by atoms with Gasteiger partial charge in [0.25, 0.3) is 5.91 Å². The predicted octanol–water partition coefficient (Wildman–Crippen LogP) is 1.57. The Bertz CT molecular complexity index is 1440. The van der Waals surface area contributed by atoms with Crippen LogP contribution in [0.15, 0.2) is 53.3 Å². The highest BCUT2D eigenvalue weighted by Crippen LogP contribution is 2.38. The third kappa shape index (κ3) is 7.93. The van der Waals surface area contributed by atoms with Crippen LogP contribution in [-0.2, 0) is 20.9 Å². The first-order valence-electron chi connectivity index (χ1n) is 11.9. The molecule has 1 aliphatic rings. The minimum Gasteiger partial charge on any atom is -0.508 e. The zero-order valence-electron chi connectivity index (χ0n) is 21.3. The van der Waals surface area contributed by atoms with Crippen molar-refractivity contribution >= 4 is 34.6 Å². The number of para-hydroxylation sites is 2. The molecule has 13 heteroatoms. The Kier molecular flexibility index (Phi) is 9.12. The Morgan fingerprint density at radius 1 is 1.15 bits per heavy atom. The second-order valence-corrected chi connectivity index (χ2v) is 9.39. The number of phenolic OH excluding ortho intramolecular Hbond substituents is 1. The minimum atomic E-state index is -1.26. The van der Waals surface area contributed by atoms with Crippen LogP contribution in [0.3, 0.4) is 0 Å². The first-order valence-corrected chi connectivity index (χ1v) is 11.9. The number of imidazole rings is 1. The van der Waals surface area contributed by atoms with E-state index < -0.39 is 18.0 Å². The fourth-order valence-electron chi connectivity index (χ4n) is 3.89. The smallest absolute Gasteiger partial charge is 0.328 e. The van der Waals surface area contributed by atoms with Crippen LogP contribution < -0.4 is 21.1 Å². The molecule has 0 spiro atoms. The maximum absolute atomic E-state index is 12.3. The lowest BCUT2D eigenvalue weighted by Crippen LogP contribution is -2.43. The van der Waals surface area contributed by atoms with E-state index in [0.29, 0.717) is 42.1 Å². The summed E-state index contributed by atoms with van der Waals surface area (Å²) in [5.41, 5.74) is 1.85. The Morgan fingerprint density at radius 3 is 2.49 bits per heavy atom. The largest absolute Gasteiger partial charge is 0.508 e. The fourth-order valence-corrected chi connectivity index (χ4v) is 3.89. The van der Waals surface area contributed by atoms with Crippen LogP contribution in [0.25, 0.3) is 11.0 Å². The van der Waals surface area contributed by atoms with Crippen molar-refractivity contribution < 1.29 is 39.5 Å². The van der Waals surface area contributed by atoms with Crippen molar-refractivity contribution in [3.8, 4) is 11.5 Å². The van der Waals surface area contributed by atoms with Gasteiger partial charge < -0.3 is 40.8 Å². The molecule has 13 nitrogen and oxygen atoms in total. The highest BCUT2D eigenvalue weighted by molar-refractivity contribution is 5.96. The Balaban J connectivity index is 0.000000459. The number of benzene rings is 2. The summed E-state index contributed by atoms with van der Waals surface area (Å²) >= 11 is 0. The van der Waals surface area contributed by atoms with Gasteiger partial charge in [-0.1, -0.05) is 12.1 Å². The molecule has 7 N–H and O–H groups in total. The summed E-state index contributed by atoms with van der Waals surface area (Å²) in [7, 11) is 0. The monoisotopic (exact) mass is 542 g/mol. The van der Waals surface area contributed by atoms with Gasteiger partial charge in [0, 0.05) is 42.4 Å². The molecule has 1 aromatic heterocycles. The van der Waals surface area contributed by atoms with E-state index in [2.05, 4.69) is 15.6 Å². The maximum atomic E-state index is 12.3. The van der Waals surface area contributed by atoms with Gasteiger partial charge in [-0.15, -0.1) is 0 Å². The summed E-state index contributed by atoms with van der Waals surface area (Å²) in [5, 5.41) is 42.3. The number of carbonyl (C=O) groups excluding carboxylic acids is 1. The van der Waals surface area contributed by atoms with Crippen molar-refractivity contribution in [3.05, 3.63) is 64.6 Å². The van der Waals surface area contributed by atoms with E-state index in [9.17, 15) is 29.4 Å². The highest BCUT2D eigenvalue weighted by Gasteiger charge is 2.26. The van der Waals surface area contributed by atoms with Crippen molar-refractivity contribution in [2.75, 3.05) is 18.5 Å². The average Bonchev–Trinajstić information content (AvgIpc) is 3.19. The van der Waals surface area contributed by atoms with E-state index in [4.69, 9.17) is 14.9 Å². The summed E-state index contributed by atoms with van der Waals surface area (Å²) in [4.78, 5) is 45.8. The molecule has 2 aromatic carbocycles. The number of amides is 1. The van der Waals surface area contributed by atoms with Crippen LogP contribution in [0.2, 0.25) is 0 Å². The van der Waals surface area contributed by atoms with Crippen molar-refractivity contribution in [1.82, 2.24) is 14.9 Å². The second kappa shape index (κ2) is 12.3. The zero-order valence-corrected chi connectivity index (χ0v) is 21.3. The number of ether oxygens (including phenoxy) is 1. The van der Waals surface area contributed by atoms with Gasteiger partial charge in [0.05, 0.1) is 22.8 Å². The molecule has 0 bridgehead atoms. The van der Waals surface area contributed by atoms with Crippen LogP contribution in [0.4, 0.5) is 5.69 Å². The average molecular weight is 543 g/mol. The first-order chi connectivity index (χ1) is 18.4. The molecule has 1 amide bonds. The van der Waals surface area contributed by atoms with Crippen LogP contribution in [-0.4, -0.2) is 66.5 Å². The number of hydrogen-bond acceptors (Lipinski definition) is 8. The molecule has 3 aromatic rings. The number of hydrogen-bond donors (Lipinski definition) is 7. The maximum Gasteiger partial charge on any atom is 0.328 e. The Hall–Kier alpha value is -4.62. The zero-order chi connectivity index (χ0) is 28.7. The number of aromatic nitrogens is 2. The summed E-state index contributed by atoms with van der Waals surface area (Å²) in [6.45, 7) is 4.55. The summed E-state index contributed by atoms with van der Waals surface area (Å²) in [6.07, 6.45) is 0.794. The second-order valence-electron chi connectivity index (χ2n) is 9.39. The molecule has 0 fully saturated rings. The van der Waals surface area contributed by atoms with E-state index in [-0.39, 0.29) is 36.0 Å². The molecular formula is C26H30N4O9. The number of aliphatic hydroxyl groups excluding tert-OH is 1. The van der Waals surface area contributed by atoms with Gasteiger partial charge >= 0.3 is 17.6 Å². The molecule has 1 unspecified atom stereocenters. The van der Waals surface area contributed by atoms with Gasteiger partial charge in [-0.05, 0) is 38.5 Å². The van der Waals surface area contributed by atoms with Crippen molar-refractivity contribution in [2.24, 2.45) is 0 Å². The number of nitrogens with zero attached hydrogens (tertiary/aromatic N) is 1. The van der Waals surface area contributed by atoms with Crippen molar-refractivity contribution in [3.63, 3.8) is 0 Å². The molecule has 0 aliphatic carbocycles. The molecule has 1 atom stereocenters. The molecule has 39 heavy (non-hydrogen) atoms. The molecular weight excluding hydrogens is 512 g/mol. The fraction of sp³-hybridized carbons (Fsp3) is 0.308. The molecule has 0 radical (unpaired) electrons. The van der Waals surface area contributed by atoms with Gasteiger partial charge in [-0.25, -0.2) is 14.4 Å². The SMILES string of the molecule is CC(C)(CCn1c(=O)[nH]c2ccccc21)NCC(O)c1cc(O)cc2c1OCC(=O)N2.O=C(O)/C=C\C(=O)O. The number of fused-ring (bicyclic) bond motifs is 2. The van der Waals surface area contributed by atoms with E-state index >= 15 is 0 Å². The Morgan fingerprint density at radius 2 is 1.82 bits per heavy atom. The number of carboxylic acids is 2. The number of aromatic amines is 1. The van der Waals surface area contributed by atoms with Gasteiger partial charge in [-0.2, -0.15) is 0 Å². The van der Waals surface area contributed by atoms with E-state index in [1.54, 1.807) is 4.57 Å². The first kappa shape index (κ1) is 28.9. The van der Waals surface area contributed by atoms with Crippen LogP contribution in [0.5, 0.6) is 11.5 Å². The number of nitrogens with one attached hydrogen (secondary N) is 3. The molecule has 0 saturated heterocycles. The number of phenols is 1. The van der Waals surface area contributed by atoms with E-state index in [0.717, 1.165) is 11.0 Å². The number of aromatic hydroxyl groups is 1. The third-order valence-corrected chi connectivity index (χ3v) is 5.87. The molecule has 208 valence electrons. The molecule has 2 heterocycles. The molecule has 1 aliphatic heterocycles. The standard InChI is InChI=1S/C22H26N4O5.C4H4O4/c1-22(2,7-8-26-17-6-4-3-5-15(17)25-21(26)30)23-11-18(28)14-9-13(27)10-16-20(14)31-12-19(29)24-16;5-3(6)1-2-4(7)8/h3-6,9-10,18,23,27-28H,7-8,11-12H2,1-2H3,(H,24,29)(H,25,30);1-2H,(H,5,6)(H,7,8)/b;2-1-. The van der Waals surface area contributed by atoms with E-state index in [1.165, 1.54) is 12.1 Å². The number of aliphatic carboxylic acids is 2. The predicted molar refractivity (Wildman–Crippen MR) is 141 cm³/mol. The van der Waals surface area contributed by atoms with Crippen LogP contribution in [0, 0.1) is 0 Å². The quantitative estimate of drug-likeness (QED) is 0.194.